The molecule has 0 aliphatic heterocycles. The molecule has 150 valence electrons. The Kier molecular flexibility index (Phi) is 8.33. The average Bonchev–Trinajstić information content (AvgIpc) is 2.71. The Balaban J connectivity index is 2.10. The van der Waals surface area contributed by atoms with Crippen molar-refractivity contribution >= 4 is 23.4 Å². The van der Waals surface area contributed by atoms with E-state index in [1.807, 2.05) is 44.2 Å². The van der Waals surface area contributed by atoms with Crippen LogP contribution in [0.4, 0.5) is 0 Å². The molecule has 1 atom stereocenters. The summed E-state index contributed by atoms with van der Waals surface area (Å²) in [6, 6.07) is 14.2. The predicted octanol–water partition coefficient (Wildman–Crippen LogP) is 3.97. The summed E-state index contributed by atoms with van der Waals surface area (Å²) in [6.45, 7) is 6.36. The second-order valence-corrected chi connectivity index (χ2v) is 7.08. The first-order valence-electron chi connectivity index (χ1n) is 9.42. The van der Waals surface area contributed by atoms with Gasteiger partial charge in [0.05, 0.1) is 0 Å². The van der Waals surface area contributed by atoms with Crippen LogP contribution in [0, 0.1) is 6.92 Å². The van der Waals surface area contributed by atoms with E-state index >= 15 is 0 Å². The second-order valence-electron chi connectivity index (χ2n) is 6.67. The minimum Gasteiger partial charge on any atom is -0.484 e. The minimum atomic E-state index is -0.602. The number of hydrogen-bond acceptors (Lipinski definition) is 3. The SMILES string of the molecule is CCCNC(=O)C(C)N(Cc1ccccc1)C(=O)COc1ccc(Cl)c(C)c1. The summed E-state index contributed by atoms with van der Waals surface area (Å²) in [5.41, 5.74) is 1.83. The van der Waals surface area contributed by atoms with Crippen LogP contribution in [0.25, 0.3) is 0 Å². The standard InChI is InChI=1S/C22H27ClN2O3/c1-4-12-24-22(27)17(3)25(14-18-8-6-5-7-9-18)21(26)15-28-19-10-11-20(23)16(2)13-19/h5-11,13,17H,4,12,14-15H2,1-3H3,(H,24,27). The van der Waals surface area contributed by atoms with Crippen LogP contribution in [0.1, 0.15) is 31.4 Å². The molecule has 0 aliphatic carbocycles. The molecular formula is C22H27ClN2O3. The van der Waals surface area contributed by atoms with Crippen molar-refractivity contribution in [3.05, 3.63) is 64.7 Å². The molecule has 2 aromatic rings. The summed E-state index contributed by atoms with van der Waals surface area (Å²) in [5, 5.41) is 3.50. The van der Waals surface area contributed by atoms with E-state index in [0.29, 0.717) is 23.9 Å². The van der Waals surface area contributed by atoms with Gasteiger partial charge in [0.15, 0.2) is 6.61 Å². The van der Waals surface area contributed by atoms with Crippen molar-refractivity contribution < 1.29 is 14.3 Å². The fourth-order valence-corrected chi connectivity index (χ4v) is 2.81. The third-order valence-corrected chi connectivity index (χ3v) is 4.83. The van der Waals surface area contributed by atoms with Gasteiger partial charge in [-0.3, -0.25) is 9.59 Å². The van der Waals surface area contributed by atoms with Crippen LogP contribution < -0.4 is 10.1 Å². The average molecular weight is 403 g/mol. The smallest absolute Gasteiger partial charge is 0.261 e. The van der Waals surface area contributed by atoms with Crippen molar-refractivity contribution in [2.45, 2.75) is 39.8 Å². The molecule has 2 aromatic carbocycles. The molecule has 6 heteroatoms. The number of aryl methyl sites for hydroxylation is 1. The summed E-state index contributed by atoms with van der Waals surface area (Å²) in [6.07, 6.45) is 0.837. The van der Waals surface area contributed by atoms with Crippen LogP contribution in [-0.2, 0) is 16.1 Å². The van der Waals surface area contributed by atoms with E-state index in [9.17, 15) is 9.59 Å². The molecule has 1 N–H and O–H groups in total. The summed E-state index contributed by atoms with van der Waals surface area (Å²) in [5.74, 6) is 0.141. The van der Waals surface area contributed by atoms with Crippen molar-refractivity contribution in [1.29, 1.82) is 0 Å². The number of nitrogens with one attached hydrogen (secondary N) is 1. The fourth-order valence-electron chi connectivity index (χ4n) is 2.69. The highest BCUT2D eigenvalue weighted by atomic mass is 35.5. The monoisotopic (exact) mass is 402 g/mol. The lowest BCUT2D eigenvalue weighted by atomic mass is 10.1. The molecule has 0 saturated carbocycles. The van der Waals surface area contributed by atoms with Gasteiger partial charge in [-0.25, -0.2) is 0 Å². The maximum Gasteiger partial charge on any atom is 0.261 e. The second kappa shape index (κ2) is 10.7. The van der Waals surface area contributed by atoms with E-state index in [1.165, 1.54) is 0 Å². The Morgan fingerprint density at radius 1 is 1.18 bits per heavy atom. The highest BCUT2D eigenvalue weighted by Gasteiger charge is 2.26. The predicted molar refractivity (Wildman–Crippen MR) is 111 cm³/mol. The van der Waals surface area contributed by atoms with Gasteiger partial charge in [0.25, 0.3) is 5.91 Å². The molecule has 0 aromatic heterocycles. The number of benzene rings is 2. The molecule has 2 rings (SSSR count). The zero-order chi connectivity index (χ0) is 20.5. The number of nitrogens with zero attached hydrogens (tertiary/aromatic N) is 1. The zero-order valence-electron chi connectivity index (χ0n) is 16.6. The molecule has 1 unspecified atom stereocenters. The van der Waals surface area contributed by atoms with E-state index in [4.69, 9.17) is 16.3 Å². The first-order valence-corrected chi connectivity index (χ1v) is 9.80. The van der Waals surface area contributed by atoms with Crippen LogP contribution in [0.15, 0.2) is 48.5 Å². The summed E-state index contributed by atoms with van der Waals surface area (Å²) < 4.78 is 5.65. The molecule has 28 heavy (non-hydrogen) atoms. The van der Waals surface area contributed by atoms with Crippen LogP contribution in [-0.4, -0.2) is 35.9 Å². The Morgan fingerprint density at radius 2 is 1.89 bits per heavy atom. The number of hydrogen-bond donors (Lipinski definition) is 1. The maximum atomic E-state index is 12.9. The van der Waals surface area contributed by atoms with Gasteiger partial charge < -0.3 is 15.0 Å². The van der Waals surface area contributed by atoms with Crippen molar-refractivity contribution in [2.75, 3.05) is 13.2 Å². The van der Waals surface area contributed by atoms with Crippen molar-refractivity contribution in [2.24, 2.45) is 0 Å². The van der Waals surface area contributed by atoms with Gasteiger partial charge in [0.1, 0.15) is 11.8 Å². The third kappa shape index (κ3) is 6.27. The van der Waals surface area contributed by atoms with Gasteiger partial charge in [0, 0.05) is 18.1 Å². The van der Waals surface area contributed by atoms with E-state index in [2.05, 4.69) is 5.32 Å². The molecule has 0 fully saturated rings. The van der Waals surface area contributed by atoms with Gasteiger partial charge in [0.2, 0.25) is 5.91 Å². The van der Waals surface area contributed by atoms with Crippen LogP contribution in [0.5, 0.6) is 5.75 Å². The highest BCUT2D eigenvalue weighted by Crippen LogP contribution is 2.21. The Labute approximate surface area is 171 Å². The molecule has 0 bridgehead atoms. The van der Waals surface area contributed by atoms with Gasteiger partial charge in [-0.1, -0.05) is 48.9 Å². The van der Waals surface area contributed by atoms with Gasteiger partial charge in [-0.2, -0.15) is 0 Å². The summed E-state index contributed by atoms with van der Waals surface area (Å²) in [7, 11) is 0. The van der Waals surface area contributed by atoms with Crippen molar-refractivity contribution in [1.82, 2.24) is 10.2 Å². The quantitative estimate of drug-likeness (QED) is 0.690. The largest absolute Gasteiger partial charge is 0.484 e. The van der Waals surface area contributed by atoms with Gasteiger partial charge >= 0.3 is 0 Å². The van der Waals surface area contributed by atoms with E-state index in [0.717, 1.165) is 17.5 Å². The number of rotatable bonds is 9. The first kappa shape index (κ1) is 21.8. The van der Waals surface area contributed by atoms with E-state index < -0.39 is 6.04 Å². The topological polar surface area (TPSA) is 58.6 Å². The molecule has 0 radical (unpaired) electrons. The summed E-state index contributed by atoms with van der Waals surface area (Å²) >= 11 is 6.03. The Morgan fingerprint density at radius 3 is 2.54 bits per heavy atom. The number of carbonyl (C=O) groups excluding carboxylic acids is 2. The highest BCUT2D eigenvalue weighted by molar-refractivity contribution is 6.31. The van der Waals surface area contributed by atoms with Crippen molar-refractivity contribution in [3.8, 4) is 5.75 Å². The molecule has 2 amide bonds. The number of halogens is 1. The first-order chi connectivity index (χ1) is 13.4. The molecule has 0 saturated heterocycles. The zero-order valence-corrected chi connectivity index (χ0v) is 17.3. The molecule has 5 nitrogen and oxygen atoms in total. The van der Waals surface area contributed by atoms with Gasteiger partial charge in [-0.05, 0) is 49.6 Å². The van der Waals surface area contributed by atoms with Crippen molar-refractivity contribution in [3.63, 3.8) is 0 Å². The lowest BCUT2D eigenvalue weighted by Gasteiger charge is -2.28. The molecule has 0 aliphatic rings. The fraction of sp³-hybridized carbons (Fsp3) is 0.364. The number of amides is 2. The lowest BCUT2D eigenvalue weighted by molar-refractivity contribution is -0.142. The minimum absolute atomic E-state index is 0.153. The Hall–Kier alpha value is -2.53. The molecule has 0 heterocycles. The van der Waals surface area contributed by atoms with Gasteiger partial charge in [-0.15, -0.1) is 0 Å². The number of carbonyl (C=O) groups is 2. The van der Waals surface area contributed by atoms with Crippen LogP contribution in [0.3, 0.4) is 0 Å². The third-order valence-electron chi connectivity index (χ3n) is 4.40. The molecule has 0 spiro atoms. The van der Waals surface area contributed by atoms with Crippen LogP contribution in [0.2, 0.25) is 5.02 Å². The number of ether oxygens (including phenoxy) is 1. The summed E-state index contributed by atoms with van der Waals surface area (Å²) in [4.78, 5) is 26.9. The Bertz CT molecular complexity index is 796. The normalized spacial score (nSPS) is 11.6. The maximum absolute atomic E-state index is 12.9. The van der Waals surface area contributed by atoms with E-state index in [-0.39, 0.29) is 18.4 Å². The molecular weight excluding hydrogens is 376 g/mol. The van der Waals surface area contributed by atoms with E-state index in [1.54, 1.807) is 30.0 Å². The van der Waals surface area contributed by atoms with Crippen LogP contribution >= 0.6 is 11.6 Å². The lowest BCUT2D eigenvalue weighted by Crippen LogP contribution is -2.49.